The van der Waals surface area contributed by atoms with Gasteiger partial charge in [0.25, 0.3) is 0 Å². The number of rotatable bonds is 5. The topological polar surface area (TPSA) is 88.9 Å². The maximum atomic E-state index is 10.0. The third kappa shape index (κ3) is 8.90. The maximum absolute atomic E-state index is 10.0. The molecule has 1 N–H and O–H groups in total. The quantitative estimate of drug-likeness (QED) is 0.107. The standard InChI is InChI=1S/C43H49N4.C5H8O2.Ir/c1-39(2,3)31-19-13-27(14-20-31)36-45-37(28-15-21-32(22-16-28)40(4,5)6)47-38(46-36)30-18-24-35(44-26-30)29-17-23-33-34(25-29)42(9,10)43(11,12)41(33,7)8;1-4(6)3-5(2)7;/h13-16,18-26H,1-12H3;3,6H,1-2H3;/q-1;;. The van der Waals surface area contributed by atoms with Gasteiger partial charge in [0.05, 0.1) is 5.76 Å². The number of nitrogens with zero attached hydrogens (tertiary/aromatic N) is 4. The summed E-state index contributed by atoms with van der Waals surface area (Å²) in [5, 5.41) is 8.36. The van der Waals surface area contributed by atoms with Gasteiger partial charge < -0.3 is 10.1 Å². The summed E-state index contributed by atoms with van der Waals surface area (Å²) in [5.74, 6) is 1.83. The van der Waals surface area contributed by atoms with Gasteiger partial charge in [-0.05, 0) is 57.7 Å². The Bertz CT molecular complexity index is 2100. The van der Waals surface area contributed by atoms with Crippen molar-refractivity contribution in [2.75, 3.05) is 0 Å². The van der Waals surface area contributed by atoms with Crippen molar-refractivity contribution < 1.29 is 30.0 Å². The summed E-state index contributed by atoms with van der Waals surface area (Å²) >= 11 is 0. The molecule has 2 aromatic heterocycles. The Kier molecular flexibility index (Phi) is 12.4. The van der Waals surface area contributed by atoms with Crippen molar-refractivity contribution in [3.05, 3.63) is 119 Å². The summed E-state index contributed by atoms with van der Waals surface area (Å²) in [5.41, 5.74) is 10.3. The van der Waals surface area contributed by atoms with Crippen LogP contribution in [0.2, 0.25) is 0 Å². The van der Waals surface area contributed by atoms with Crippen LogP contribution in [0.1, 0.15) is 119 Å². The van der Waals surface area contributed by atoms with Crippen LogP contribution in [0.3, 0.4) is 0 Å². The number of aromatic nitrogens is 4. The Hall–Kier alpha value is -4.32. The molecule has 7 heteroatoms. The van der Waals surface area contributed by atoms with Gasteiger partial charge in [-0.15, -0.1) is 34.9 Å². The number of carbonyl (C=O) groups excluding carboxylic acids is 1. The molecule has 0 fully saturated rings. The predicted octanol–water partition coefficient (Wildman–Crippen LogP) is 12.0. The monoisotopic (exact) mass is 914 g/mol. The molecular formula is C48H57IrN4O2-. The van der Waals surface area contributed by atoms with E-state index in [9.17, 15) is 4.79 Å². The van der Waals surface area contributed by atoms with Crippen LogP contribution in [0.25, 0.3) is 45.4 Å². The Morgan fingerprint density at radius 2 is 1.07 bits per heavy atom. The molecule has 0 atom stereocenters. The number of aliphatic hydroxyl groups excluding tert-OH is 1. The fourth-order valence-corrected chi connectivity index (χ4v) is 7.11. The normalized spacial score (nSPS) is 15.6. The van der Waals surface area contributed by atoms with Crippen molar-refractivity contribution in [3.63, 3.8) is 0 Å². The van der Waals surface area contributed by atoms with Crippen molar-refractivity contribution in [3.8, 4) is 45.4 Å². The van der Waals surface area contributed by atoms with Crippen LogP contribution in [0.4, 0.5) is 0 Å². The number of aliphatic hydroxyl groups is 1. The summed E-state index contributed by atoms with van der Waals surface area (Å²) in [6, 6.07) is 29.3. The first-order chi connectivity index (χ1) is 24.9. The van der Waals surface area contributed by atoms with E-state index in [2.05, 4.69) is 162 Å². The molecule has 291 valence electrons. The van der Waals surface area contributed by atoms with Crippen LogP contribution < -0.4 is 0 Å². The molecule has 6 rings (SSSR count). The fraction of sp³-hybridized carbons (Fsp3) is 0.396. The molecule has 0 bridgehead atoms. The SMILES string of the molecule is CC(=O)C=C(C)O.CC(C)(C)c1ccc(-c2nc(-c3ccc(C(C)(C)C)cc3)nc(-c3ccc(-c4[c-]cc5c(c4)C(C)(C)C(C)(C)C5(C)C)nc3)n2)cc1.[Ir]. The molecular weight excluding hydrogens is 857 g/mol. The number of carbonyl (C=O) groups is 1. The number of ketones is 1. The molecule has 0 aliphatic heterocycles. The zero-order valence-electron chi connectivity index (χ0n) is 35.1. The van der Waals surface area contributed by atoms with Crippen LogP contribution in [0.5, 0.6) is 0 Å². The number of benzene rings is 3. The maximum Gasteiger partial charge on any atom is 0.165 e. The van der Waals surface area contributed by atoms with E-state index in [1.54, 1.807) is 0 Å². The molecule has 0 saturated carbocycles. The van der Waals surface area contributed by atoms with E-state index >= 15 is 0 Å². The second-order valence-electron chi connectivity index (χ2n) is 18.3. The summed E-state index contributed by atoms with van der Waals surface area (Å²) in [7, 11) is 0. The third-order valence-corrected chi connectivity index (χ3v) is 11.8. The number of hydrogen-bond acceptors (Lipinski definition) is 6. The first-order valence-corrected chi connectivity index (χ1v) is 18.8. The number of allylic oxidation sites excluding steroid dienone is 2. The molecule has 0 amide bonds. The molecule has 0 unspecified atom stereocenters. The van der Waals surface area contributed by atoms with Gasteiger partial charge in [-0.3, -0.25) is 4.79 Å². The Labute approximate surface area is 342 Å². The minimum atomic E-state index is -0.125. The molecule has 2 heterocycles. The van der Waals surface area contributed by atoms with Crippen molar-refractivity contribution in [2.45, 2.75) is 119 Å². The van der Waals surface area contributed by atoms with E-state index in [0.29, 0.717) is 17.5 Å². The predicted molar refractivity (Wildman–Crippen MR) is 223 cm³/mol. The number of pyridine rings is 1. The van der Waals surface area contributed by atoms with E-state index in [0.717, 1.165) is 27.9 Å². The molecule has 3 aromatic carbocycles. The van der Waals surface area contributed by atoms with E-state index < -0.39 is 0 Å². The van der Waals surface area contributed by atoms with E-state index in [1.165, 1.54) is 42.2 Å². The van der Waals surface area contributed by atoms with Gasteiger partial charge in [-0.25, -0.2) is 15.0 Å². The Balaban J connectivity index is 0.000000768. The number of fused-ring (bicyclic) bond motifs is 1. The first-order valence-electron chi connectivity index (χ1n) is 18.8. The smallest absolute Gasteiger partial charge is 0.165 e. The van der Waals surface area contributed by atoms with Gasteiger partial charge in [-0.2, -0.15) is 0 Å². The van der Waals surface area contributed by atoms with E-state index in [4.69, 9.17) is 25.0 Å². The molecule has 55 heavy (non-hydrogen) atoms. The van der Waals surface area contributed by atoms with Crippen molar-refractivity contribution >= 4 is 5.78 Å². The zero-order valence-corrected chi connectivity index (χ0v) is 37.5. The van der Waals surface area contributed by atoms with Crippen molar-refractivity contribution in [1.29, 1.82) is 0 Å². The Morgan fingerprint density at radius 3 is 1.44 bits per heavy atom. The largest absolute Gasteiger partial charge is 0.512 e. The molecule has 1 aliphatic carbocycles. The average Bonchev–Trinajstić information content (AvgIpc) is 3.20. The van der Waals surface area contributed by atoms with Gasteiger partial charge in [0.15, 0.2) is 23.3 Å². The van der Waals surface area contributed by atoms with Gasteiger partial charge in [0.1, 0.15) is 0 Å². The van der Waals surface area contributed by atoms with Gasteiger partial charge in [-0.1, -0.05) is 144 Å². The first kappa shape index (κ1) is 43.4. The molecule has 0 saturated heterocycles. The minimum absolute atomic E-state index is 0. The molecule has 6 nitrogen and oxygen atoms in total. The Morgan fingerprint density at radius 1 is 0.655 bits per heavy atom. The third-order valence-electron chi connectivity index (χ3n) is 11.8. The summed E-state index contributed by atoms with van der Waals surface area (Å²) < 4.78 is 0. The molecule has 1 aliphatic rings. The molecule has 1 radical (unpaired) electrons. The second-order valence-corrected chi connectivity index (χ2v) is 18.3. The van der Waals surface area contributed by atoms with Crippen LogP contribution in [-0.4, -0.2) is 30.8 Å². The molecule has 0 spiro atoms. The minimum Gasteiger partial charge on any atom is -0.512 e. The second kappa shape index (κ2) is 15.7. The van der Waals surface area contributed by atoms with Crippen LogP contribution in [0, 0.1) is 11.5 Å². The summed E-state index contributed by atoms with van der Waals surface area (Å²) in [4.78, 5) is 29.9. The average molecular weight is 914 g/mol. The van der Waals surface area contributed by atoms with Crippen molar-refractivity contribution in [1.82, 2.24) is 19.9 Å². The molecule has 5 aromatic rings. The van der Waals surface area contributed by atoms with Gasteiger partial charge in [0, 0.05) is 49.1 Å². The van der Waals surface area contributed by atoms with E-state index in [1.807, 2.05) is 6.20 Å². The van der Waals surface area contributed by atoms with Gasteiger partial charge >= 0.3 is 0 Å². The fourth-order valence-electron chi connectivity index (χ4n) is 7.11. The summed E-state index contributed by atoms with van der Waals surface area (Å²) in [6.07, 6.45) is 3.05. The van der Waals surface area contributed by atoms with Crippen molar-refractivity contribution in [2.24, 2.45) is 5.41 Å². The van der Waals surface area contributed by atoms with Crippen LogP contribution in [0.15, 0.2) is 90.8 Å². The van der Waals surface area contributed by atoms with Crippen LogP contribution in [-0.2, 0) is 46.6 Å². The van der Waals surface area contributed by atoms with Gasteiger partial charge in [0.2, 0.25) is 0 Å². The zero-order chi connectivity index (χ0) is 40.0. The van der Waals surface area contributed by atoms with E-state index in [-0.39, 0.29) is 58.7 Å². The summed E-state index contributed by atoms with van der Waals surface area (Å²) in [6.45, 7) is 30.4. The number of hydrogen-bond donors (Lipinski definition) is 1. The van der Waals surface area contributed by atoms with Crippen LogP contribution >= 0.6 is 0 Å².